The van der Waals surface area contributed by atoms with Gasteiger partial charge in [-0.3, -0.25) is 14.5 Å². The Morgan fingerprint density at radius 1 is 1.08 bits per heavy atom. The van der Waals surface area contributed by atoms with Crippen molar-refractivity contribution in [3.8, 4) is 35.2 Å². The van der Waals surface area contributed by atoms with E-state index >= 15 is 8.78 Å². The number of nitrogens with zero attached hydrogens (tertiary/aromatic N) is 7. The first kappa shape index (κ1) is 33.0. The van der Waals surface area contributed by atoms with Gasteiger partial charge in [0.15, 0.2) is 5.82 Å². The molecule has 5 fully saturated rings. The summed E-state index contributed by atoms with van der Waals surface area (Å²) < 4.78 is 61.5. The van der Waals surface area contributed by atoms with E-state index in [1.54, 1.807) is 11.7 Å². The summed E-state index contributed by atoms with van der Waals surface area (Å²) in [6, 6.07) is 5.89. The third-order valence-electron chi connectivity index (χ3n) is 12.4. The van der Waals surface area contributed by atoms with Crippen LogP contribution in [0.1, 0.15) is 44.1 Å². The van der Waals surface area contributed by atoms with Crippen LogP contribution in [0.15, 0.2) is 30.5 Å². The Morgan fingerprint density at radius 2 is 1.89 bits per heavy atom. The van der Waals surface area contributed by atoms with Crippen LogP contribution < -0.4 is 9.64 Å². The summed E-state index contributed by atoms with van der Waals surface area (Å²) in [5, 5.41) is 17.5. The number of phenolic OH excluding ortho intramolecular Hbond substituents is 1. The molecular formula is C40H40F3N7O3. The standard InChI is InChI=1S/C40H40F3N7O3/c1-3-28-31(42)8-5-22-13-26(51)14-29(32(22)28)33-35(43)37-34(30-20-47(2)46-36(30)33)38(50-24-6-7-25(50)18-48(17-24)19-27-9-12-52-27)45-39(44-37)53-21-40-10-4-11-49(40)16-23(41)15-40/h1,5,8,13-14,20,23-25,27,51H,4,6-7,9-12,15-19,21H2,2H3/t23-,24?,25?,27?,40?/m1/s1. The molecule has 5 aliphatic heterocycles. The van der Waals surface area contributed by atoms with Gasteiger partial charge in [0.1, 0.15) is 41.2 Å². The van der Waals surface area contributed by atoms with Crippen LogP contribution in [0.3, 0.4) is 0 Å². The lowest BCUT2D eigenvalue weighted by Crippen LogP contribution is -2.56. The smallest absolute Gasteiger partial charge is 0.319 e. The number of aryl methyl sites for hydroxylation is 1. The van der Waals surface area contributed by atoms with Crippen molar-refractivity contribution in [1.82, 2.24) is 29.5 Å². The molecule has 10 nitrogen and oxygen atoms in total. The Balaban J connectivity index is 1.18. The summed E-state index contributed by atoms with van der Waals surface area (Å²) in [4.78, 5) is 16.8. The molecule has 2 bridgehead atoms. The van der Waals surface area contributed by atoms with Gasteiger partial charge in [-0.15, -0.1) is 6.42 Å². The average molecular weight is 724 g/mol. The number of aromatic hydroxyl groups is 1. The van der Waals surface area contributed by atoms with Crippen molar-refractivity contribution in [3.05, 3.63) is 47.7 Å². The van der Waals surface area contributed by atoms with E-state index in [1.165, 1.54) is 24.3 Å². The SMILES string of the molecule is C#Cc1c(F)ccc2cc(O)cc(-c3c(F)c4nc(OCC56CCCN5C[C@H](F)C6)nc(N5C6CCC5CN(CC5CCO5)C6)c4c4cn(C)nc34)c12. The number of halogens is 3. The minimum absolute atomic E-state index is 0.0185. The van der Waals surface area contributed by atoms with Crippen LogP contribution in [0.4, 0.5) is 19.0 Å². The number of phenols is 1. The van der Waals surface area contributed by atoms with E-state index in [2.05, 4.69) is 20.6 Å². The molecule has 13 heteroatoms. The van der Waals surface area contributed by atoms with Gasteiger partial charge in [0.2, 0.25) is 0 Å². The molecule has 53 heavy (non-hydrogen) atoms. The molecule has 7 heterocycles. The number of anilines is 1. The predicted octanol–water partition coefficient (Wildman–Crippen LogP) is 5.70. The molecule has 5 aromatic rings. The molecule has 3 aromatic carbocycles. The molecule has 5 atom stereocenters. The van der Waals surface area contributed by atoms with E-state index < -0.39 is 23.3 Å². The summed E-state index contributed by atoms with van der Waals surface area (Å²) in [5.41, 5.74) is 0.0688. The molecule has 5 saturated heterocycles. The Kier molecular flexibility index (Phi) is 7.59. The second kappa shape index (κ2) is 12.2. The largest absolute Gasteiger partial charge is 0.508 e. The van der Waals surface area contributed by atoms with Crippen LogP contribution in [0, 0.1) is 24.0 Å². The number of benzene rings is 3. The van der Waals surface area contributed by atoms with E-state index in [9.17, 15) is 9.50 Å². The Hall–Kier alpha value is -4.64. The first-order chi connectivity index (χ1) is 25.7. The Labute approximate surface area is 304 Å². The molecule has 0 radical (unpaired) electrons. The number of terminal acetylenes is 1. The molecule has 274 valence electrons. The molecule has 0 aliphatic carbocycles. The van der Waals surface area contributed by atoms with Crippen LogP contribution in [0.25, 0.3) is 43.7 Å². The number of fused-ring (bicyclic) bond motifs is 7. The lowest BCUT2D eigenvalue weighted by molar-refractivity contribution is -0.0687. The van der Waals surface area contributed by atoms with Crippen LogP contribution in [-0.4, -0.2) is 110 Å². The van der Waals surface area contributed by atoms with Gasteiger partial charge in [0.05, 0.1) is 22.6 Å². The van der Waals surface area contributed by atoms with Crippen LogP contribution in [0.5, 0.6) is 11.8 Å². The van der Waals surface area contributed by atoms with Crippen molar-refractivity contribution >= 4 is 38.4 Å². The maximum absolute atomic E-state index is 17.8. The van der Waals surface area contributed by atoms with E-state index in [1.807, 2.05) is 6.20 Å². The maximum atomic E-state index is 17.8. The summed E-state index contributed by atoms with van der Waals surface area (Å²) in [5.74, 6) is 1.54. The number of alkyl halides is 1. The van der Waals surface area contributed by atoms with Gasteiger partial charge >= 0.3 is 6.01 Å². The molecule has 0 spiro atoms. The predicted molar refractivity (Wildman–Crippen MR) is 195 cm³/mol. The minimum Gasteiger partial charge on any atom is -0.508 e. The lowest BCUT2D eigenvalue weighted by Gasteiger charge is -2.44. The highest BCUT2D eigenvalue weighted by Gasteiger charge is 2.50. The van der Waals surface area contributed by atoms with Crippen molar-refractivity contribution in [2.24, 2.45) is 7.05 Å². The summed E-state index contributed by atoms with van der Waals surface area (Å²) in [6.45, 7) is 4.71. The third kappa shape index (κ3) is 5.16. The van der Waals surface area contributed by atoms with Gasteiger partial charge in [0.25, 0.3) is 0 Å². The topological polar surface area (TPSA) is 92.0 Å². The first-order valence-electron chi connectivity index (χ1n) is 18.6. The molecule has 10 rings (SSSR count). The number of hydrogen-bond acceptors (Lipinski definition) is 9. The van der Waals surface area contributed by atoms with Crippen molar-refractivity contribution in [1.29, 1.82) is 0 Å². The number of piperazine rings is 1. The number of rotatable bonds is 7. The summed E-state index contributed by atoms with van der Waals surface area (Å²) >= 11 is 0. The van der Waals surface area contributed by atoms with Crippen molar-refractivity contribution in [2.75, 3.05) is 50.8 Å². The fourth-order valence-corrected chi connectivity index (χ4v) is 10.0. The molecule has 0 amide bonds. The second-order valence-corrected chi connectivity index (χ2v) is 15.6. The highest BCUT2D eigenvalue weighted by Crippen LogP contribution is 2.47. The van der Waals surface area contributed by atoms with Gasteiger partial charge < -0.3 is 19.5 Å². The zero-order chi connectivity index (χ0) is 36.2. The van der Waals surface area contributed by atoms with Crippen molar-refractivity contribution in [2.45, 2.75) is 68.4 Å². The lowest BCUT2D eigenvalue weighted by atomic mass is 9.91. The Morgan fingerprint density at radius 3 is 2.64 bits per heavy atom. The van der Waals surface area contributed by atoms with Gasteiger partial charge in [-0.25, -0.2) is 13.2 Å². The van der Waals surface area contributed by atoms with Gasteiger partial charge in [-0.1, -0.05) is 12.0 Å². The van der Waals surface area contributed by atoms with Crippen molar-refractivity contribution in [3.63, 3.8) is 0 Å². The zero-order valence-corrected chi connectivity index (χ0v) is 29.5. The van der Waals surface area contributed by atoms with Gasteiger partial charge in [0, 0.05) is 80.9 Å². The normalized spacial score (nSPS) is 27.2. The van der Waals surface area contributed by atoms with Gasteiger partial charge in [-0.05, 0) is 67.8 Å². The number of ether oxygens (including phenoxy) is 2. The molecule has 2 aromatic heterocycles. The fraction of sp³-hybridized carbons (Fsp3) is 0.475. The number of likely N-dealkylation sites (tertiary alicyclic amines) is 1. The highest BCUT2D eigenvalue weighted by molar-refractivity contribution is 6.18. The van der Waals surface area contributed by atoms with Crippen LogP contribution >= 0.6 is 0 Å². The maximum Gasteiger partial charge on any atom is 0.319 e. The minimum atomic E-state index is -0.932. The quantitative estimate of drug-likeness (QED) is 0.213. The van der Waals surface area contributed by atoms with Crippen molar-refractivity contribution < 1.29 is 27.8 Å². The van der Waals surface area contributed by atoms with E-state index in [0.717, 1.165) is 64.9 Å². The van der Waals surface area contributed by atoms with E-state index in [4.69, 9.17) is 31.0 Å². The fourth-order valence-electron chi connectivity index (χ4n) is 10.0. The highest BCUT2D eigenvalue weighted by atomic mass is 19.1. The summed E-state index contributed by atoms with van der Waals surface area (Å²) in [7, 11) is 1.76. The monoisotopic (exact) mass is 723 g/mol. The third-order valence-corrected chi connectivity index (χ3v) is 12.4. The second-order valence-electron chi connectivity index (χ2n) is 15.6. The molecular weight excluding hydrogens is 683 g/mol. The number of hydrogen-bond donors (Lipinski definition) is 1. The first-order valence-corrected chi connectivity index (χ1v) is 18.6. The molecule has 0 saturated carbocycles. The van der Waals surface area contributed by atoms with E-state index in [0.29, 0.717) is 40.5 Å². The van der Waals surface area contributed by atoms with Crippen LogP contribution in [0.2, 0.25) is 0 Å². The average Bonchev–Trinajstić information content (AvgIpc) is 3.84. The van der Waals surface area contributed by atoms with E-state index in [-0.39, 0.29) is 64.1 Å². The molecule has 1 N–H and O–H groups in total. The molecule has 5 aliphatic rings. The van der Waals surface area contributed by atoms with Crippen LogP contribution in [-0.2, 0) is 11.8 Å². The zero-order valence-electron chi connectivity index (χ0n) is 29.5. The number of aromatic nitrogens is 4. The molecule has 4 unspecified atom stereocenters. The van der Waals surface area contributed by atoms with Gasteiger partial charge in [-0.2, -0.15) is 15.1 Å². The Bertz CT molecular complexity index is 2340. The summed E-state index contributed by atoms with van der Waals surface area (Å²) in [6.07, 6.45) is 12.1.